The Morgan fingerprint density at radius 1 is 1.43 bits per heavy atom. The zero-order chi connectivity index (χ0) is 10.6. The summed E-state index contributed by atoms with van der Waals surface area (Å²) in [5.74, 6) is 0.963. The summed E-state index contributed by atoms with van der Waals surface area (Å²) >= 11 is 0. The number of piperidine rings is 1. The van der Waals surface area contributed by atoms with Gasteiger partial charge in [0.1, 0.15) is 5.78 Å². The van der Waals surface area contributed by atoms with Crippen LogP contribution < -0.4 is 0 Å². The van der Waals surface area contributed by atoms with Gasteiger partial charge in [-0.25, -0.2) is 0 Å². The average Bonchev–Trinajstić information content (AvgIpc) is 2.18. The van der Waals surface area contributed by atoms with Crippen molar-refractivity contribution in [2.75, 3.05) is 13.1 Å². The topological polar surface area (TPSA) is 37.4 Å². The van der Waals surface area contributed by atoms with E-state index in [1.165, 1.54) is 0 Å². The van der Waals surface area contributed by atoms with Crippen LogP contribution >= 0.6 is 0 Å². The second-order valence-corrected chi connectivity index (χ2v) is 4.14. The summed E-state index contributed by atoms with van der Waals surface area (Å²) in [7, 11) is 0. The Morgan fingerprint density at radius 3 is 2.50 bits per heavy atom. The predicted molar refractivity (Wildman–Crippen MR) is 54.9 cm³/mol. The first-order valence-electron chi connectivity index (χ1n) is 5.43. The number of rotatable bonds is 3. The molecule has 0 bridgehead atoms. The zero-order valence-electron chi connectivity index (χ0n) is 9.08. The summed E-state index contributed by atoms with van der Waals surface area (Å²) in [5.41, 5.74) is 0. The van der Waals surface area contributed by atoms with Gasteiger partial charge in [0.25, 0.3) is 0 Å². The third-order valence-electron chi connectivity index (χ3n) is 2.89. The number of likely N-dealkylation sites (tertiary alicyclic amines) is 1. The predicted octanol–water partition coefficient (Wildman–Crippen LogP) is 1.61. The number of hydrogen-bond acceptors (Lipinski definition) is 2. The highest BCUT2D eigenvalue weighted by Crippen LogP contribution is 2.12. The summed E-state index contributed by atoms with van der Waals surface area (Å²) in [4.78, 5) is 24.5. The standard InChI is InChI=1S/C11H19NO2/c1-3-9(2)8-11(14)12-6-4-10(13)5-7-12/h9H,3-8H2,1-2H3. The first-order chi connectivity index (χ1) is 6.63. The molecule has 1 rings (SSSR count). The van der Waals surface area contributed by atoms with E-state index < -0.39 is 0 Å². The zero-order valence-corrected chi connectivity index (χ0v) is 9.08. The molecule has 1 unspecified atom stereocenters. The second kappa shape index (κ2) is 5.13. The maximum Gasteiger partial charge on any atom is 0.222 e. The Bertz CT molecular complexity index is 215. The van der Waals surface area contributed by atoms with Crippen molar-refractivity contribution in [3.8, 4) is 0 Å². The number of carbonyl (C=O) groups is 2. The number of Topliss-reactive ketones (excluding diaryl/α,β-unsaturated/α-hetero) is 1. The van der Waals surface area contributed by atoms with Crippen LogP contribution in [-0.2, 0) is 9.59 Å². The molecule has 3 heteroatoms. The maximum absolute atomic E-state index is 11.7. The molecule has 1 aliphatic heterocycles. The van der Waals surface area contributed by atoms with Crippen LogP contribution in [0.25, 0.3) is 0 Å². The fraction of sp³-hybridized carbons (Fsp3) is 0.818. The summed E-state index contributed by atoms with van der Waals surface area (Å²) in [6.07, 6.45) is 2.77. The molecule has 0 radical (unpaired) electrons. The van der Waals surface area contributed by atoms with E-state index in [2.05, 4.69) is 13.8 Å². The smallest absolute Gasteiger partial charge is 0.222 e. The number of hydrogen-bond donors (Lipinski definition) is 0. The minimum Gasteiger partial charge on any atom is -0.342 e. The van der Waals surface area contributed by atoms with Gasteiger partial charge in [0.15, 0.2) is 0 Å². The van der Waals surface area contributed by atoms with Crippen LogP contribution in [-0.4, -0.2) is 29.7 Å². The summed E-state index contributed by atoms with van der Waals surface area (Å²) in [6.45, 7) is 5.45. The van der Waals surface area contributed by atoms with Crippen LogP contribution in [0.4, 0.5) is 0 Å². The number of carbonyl (C=O) groups excluding carboxylic acids is 2. The third-order valence-corrected chi connectivity index (χ3v) is 2.89. The van der Waals surface area contributed by atoms with Crippen LogP contribution in [0.2, 0.25) is 0 Å². The lowest BCUT2D eigenvalue weighted by atomic mass is 10.0. The highest BCUT2D eigenvalue weighted by Gasteiger charge is 2.21. The van der Waals surface area contributed by atoms with Crippen molar-refractivity contribution in [3.05, 3.63) is 0 Å². The second-order valence-electron chi connectivity index (χ2n) is 4.14. The van der Waals surface area contributed by atoms with Crippen molar-refractivity contribution in [1.82, 2.24) is 4.90 Å². The Morgan fingerprint density at radius 2 is 2.00 bits per heavy atom. The molecule has 1 atom stereocenters. The summed E-state index contributed by atoms with van der Waals surface area (Å²) in [6, 6.07) is 0. The summed E-state index contributed by atoms with van der Waals surface area (Å²) < 4.78 is 0. The molecule has 0 spiro atoms. The van der Waals surface area contributed by atoms with Crippen LogP contribution in [0, 0.1) is 5.92 Å². The van der Waals surface area contributed by atoms with Crippen molar-refractivity contribution < 1.29 is 9.59 Å². The van der Waals surface area contributed by atoms with Crippen molar-refractivity contribution in [2.45, 2.75) is 39.5 Å². The molecule has 0 saturated carbocycles. The average molecular weight is 197 g/mol. The van der Waals surface area contributed by atoms with Gasteiger partial charge < -0.3 is 4.90 Å². The molecule has 1 saturated heterocycles. The van der Waals surface area contributed by atoms with E-state index in [4.69, 9.17) is 0 Å². The summed E-state index contributed by atoms with van der Waals surface area (Å²) in [5, 5.41) is 0. The Kier molecular flexibility index (Phi) is 4.11. The molecular weight excluding hydrogens is 178 g/mol. The fourth-order valence-corrected chi connectivity index (χ4v) is 1.58. The van der Waals surface area contributed by atoms with E-state index in [1.54, 1.807) is 0 Å². The first kappa shape index (κ1) is 11.2. The molecule has 0 aliphatic carbocycles. The number of ketones is 1. The molecule has 1 fully saturated rings. The van der Waals surface area contributed by atoms with Gasteiger partial charge in [0, 0.05) is 32.4 Å². The van der Waals surface area contributed by atoms with E-state index in [9.17, 15) is 9.59 Å². The molecule has 0 aromatic carbocycles. The Hall–Kier alpha value is -0.860. The van der Waals surface area contributed by atoms with Gasteiger partial charge in [-0.1, -0.05) is 20.3 Å². The van der Waals surface area contributed by atoms with Crippen LogP contribution in [0.15, 0.2) is 0 Å². The highest BCUT2D eigenvalue weighted by molar-refractivity contribution is 5.83. The Labute approximate surface area is 85.5 Å². The highest BCUT2D eigenvalue weighted by atomic mass is 16.2. The van der Waals surface area contributed by atoms with Gasteiger partial charge >= 0.3 is 0 Å². The van der Waals surface area contributed by atoms with Gasteiger partial charge in [-0.3, -0.25) is 9.59 Å². The van der Waals surface area contributed by atoms with Gasteiger partial charge in [-0.05, 0) is 5.92 Å². The molecule has 1 amide bonds. The van der Waals surface area contributed by atoms with Gasteiger partial charge in [0.2, 0.25) is 5.91 Å². The van der Waals surface area contributed by atoms with E-state index in [-0.39, 0.29) is 11.7 Å². The lowest BCUT2D eigenvalue weighted by molar-refractivity contribution is -0.135. The molecule has 0 aromatic rings. The van der Waals surface area contributed by atoms with Crippen LogP contribution in [0.1, 0.15) is 39.5 Å². The van der Waals surface area contributed by atoms with E-state index in [1.807, 2.05) is 4.90 Å². The van der Waals surface area contributed by atoms with Crippen LogP contribution in [0.5, 0.6) is 0 Å². The van der Waals surface area contributed by atoms with Crippen molar-refractivity contribution in [3.63, 3.8) is 0 Å². The van der Waals surface area contributed by atoms with E-state index in [0.717, 1.165) is 6.42 Å². The number of amides is 1. The van der Waals surface area contributed by atoms with Crippen molar-refractivity contribution in [1.29, 1.82) is 0 Å². The molecule has 0 N–H and O–H groups in total. The molecule has 80 valence electrons. The minimum absolute atomic E-state index is 0.215. The number of nitrogens with zero attached hydrogens (tertiary/aromatic N) is 1. The van der Waals surface area contributed by atoms with Crippen molar-refractivity contribution >= 4 is 11.7 Å². The fourth-order valence-electron chi connectivity index (χ4n) is 1.58. The van der Waals surface area contributed by atoms with E-state index in [0.29, 0.717) is 38.3 Å². The normalized spacial score (nSPS) is 19.6. The molecule has 1 heterocycles. The quantitative estimate of drug-likeness (QED) is 0.689. The first-order valence-corrected chi connectivity index (χ1v) is 5.43. The van der Waals surface area contributed by atoms with E-state index >= 15 is 0 Å². The minimum atomic E-state index is 0.215. The molecule has 14 heavy (non-hydrogen) atoms. The van der Waals surface area contributed by atoms with Crippen LogP contribution in [0.3, 0.4) is 0 Å². The largest absolute Gasteiger partial charge is 0.342 e. The Balaban J connectivity index is 2.34. The lowest BCUT2D eigenvalue weighted by Gasteiger charge is -2.27. The molecular formula is C11H19NO2. The van der Waals surface area contributed by atoms with Gasteiger partial charge in [-0.15, -0.1) is 0 Å². The SMILES string of the molecule is CCC(C)CC(=O)N1CCC(=O)CC1. The third kappa shape index (κ3) is 3.13. The monoisotopic (exact) mass is 197 g/mol. The maximum atomic E-state index is 11.7. The lowest BCUT2D eigenvalue weighted by Crippen LogP contribution is -2.39. The molecule has 3 nitrogen and oxygen atoms in total. The van der Waals surface area contributed by atoms with Gasteiger partial charge in [-0.2, -0.15) is 0 Å². The van der Waals surface area contributed by atoms with Crippen molar-refractivity contribution in [2.24, 2.45) is 5.92 Å². The molecule has 1 aliphatic rings. The van der Waals surface area contributed by atoms with Gasteiger partial charge in [0.05, 0.1) is 0 Å². The molecule has 0 aromatic heterocycles.